The van der Waals surface area contributed by atoms with Gasteiger partial charge < -0.3 is 25.0 Å². The van der Waals surface area contributed by atoms with Gasteiger partial charge in [0.2, 0.25) is 5.88 Å². The molecular weight excluding hydrogens is 636 g/mol. The van der Waals surface area contributed by atoms with Crippen LogP contribution in [0.15, 0.2) is 114 Å². The van der Waals surface area contributed by atoms with Crippen LogP contribution >= 0.6 is 15.9 Å². The van der Waals surface area contributed by atoms with Gasteiger partial charge in [-0.15, -0.1) is 0 Å². The molecule has 3 N–H and O–H groups in total. The van der Waals surface area contributed by atoms with Crippen LogP contribution in [0.25, 0.3) is 21.7 Å². The highest BCUT2D eigenvalue weighted by Gasteiger charge is 2.43. The minimum Gasteiger partial charge on any atom is -0.481 e. The number of pyridine rings is 1. The highest BCUT2D eigenvalue weighted by molar-refractivity contribution is 9.10. The Hall–Kier alpha value is -4.57. The fourth-order valence-corrected chi connectivity index (χ4v) is 5.83. The fraction of sp³-hybridized carbons (Fsp3) is 0.194. The van der Waals surface area contributed by atoms with Crippen molar-refractivity contribution in [3.8, 4) is 5.88 Å². The zero-order chi connectivity index (χ0) is 32.6. The summed E-state index contributed by atoms with van der Waals surface area (Å²) in [5.74, 6) is -2.42. The number of carboxylic acid groups (broad SMARTS) is 2. The van der Waals surface area contributed by atoms with E-state index in [9.17, 15) is 14.7 Å². The minimum atomic E-state index is -1.26. The van der Waals surface area contributed by atoms with Gasteiger partial charge in [0.25, 0.3) is 0 Å². The Kier molecular flexibility index (Phi) is 11.1. The number of fused-ring (bicyclic) bond motifs is 2. The smallest absolute Gasteiger partial charge is 0.328 e. The van der Waals surface area contributed by atoms with Crippen molar-refractivity contribution in [1.82, 2.24) is 9.88 Å². The van der Waals surface area contributed by atoms with Gasteiger partial charge in [-0.05, 0) is 66.7 Å². The van der Waals surface area contributed by atoms with Crippen molar-refractivity contribution < 1.29 is 29.6 Å². The largest absolute Gasteiger partial charge is 0.481 e. The van der Waals surface area contributed by atoms with Gasteiger partial charge in [-0.3, -0.25) is 0 Å². The summed E-state index contributed by atoms with van der Waals surface area (Å²) in [7, 11) is 5.73. The first kappa shape index (κ1) is 33.3. The molecule has 1 aromatic heterocycles. The lowest BCUT2D eigenvalue weighted by Crippen LogP contribution is -2.38. The molecule has 0 spiro atoms. The van der Waals surface area contributed by atoms with Gasteiger partial charge in [-0.1, -0.05) is 88.7 Å². The zero-order valence-corrected chi connectivity index (χ0v) is 26.8. The van der Waals surface area contributed by atoms with Gasteiger partial charge >= 0.3 is 11.9 Å². The molecular formula is C36H35BrN2O6. The maximum atomic E-state index is 13.0. The van der Waals surface area contributed by atoms with Gasteiger partial charge in [0, 0.05) is 40.0 Å². The summed E-state index contributed by atoms with van der Waals surface area (Å²) in [6.45, 7) is 0.706. The van der Waals surface area contributed by atoms with Crippen LogP contribution in [0.2, 0.25) is 0 Å². The molecule has 0 saturated heterocycles. The van der Waals surface area contributed by atoms with E-state index < -0.39 is 23.5 Å². The Bertz CT molecular complexity index is 1800. The van der Waals surface area contributed by atoms with Crippen molar-refractivity contribution >= 4 is 49.5 Å². The van der Waals surface area contributed by atoms with Crippen molar-refractivity contribution in [3.05, 3.63) is 130 Å². The number of hydrogen-bond donors (Lipinski definition) is 3. The second-order valence-electron chi connectivity index (χ2n) is 10.8. The molecule has 0 fully saturated rings. The zero-order valence-electron chi connectivity index (χ0n) is 25.2. The van der Waals surface area contributed by atoms with Gasteiger partial charge in [-0.2, -0.15) is 0 Å². The third-order valence-corrected chi connectivity index (χ3v) is 7.94. The molecule has 232 valence electrons. The van der Waals surface area contributed by atoms with Crippen LogP contribution in [0, 0.1) is 0 Å². The van der Waals surface area contributed by atoms with Crippen LogP contribution in [0.5, 0.6) is 5.88 Å². The maximum Gasteiger partial charge on any atom is 0.328 e. The van der Waals surface area contributed by atoms with E-state index in [-0.39, 0.29) is 0 Å². The molecule has 45 heavy (non-hydrogen) atoms. The molecule has 5 rings (SSSR count). The molecule has 4 aromatic carbocycles. The molecule has 8 nitrogen and oxygen atoms in total. The number of aliphatic carboxylic acids is 2. The van der Waals surface area contributed by atoms with Crippen LogP contribution in [0.3, 0.4) is 0 Å². The van der Waals surface area contributed by atoms with Crippen molar-refractivity contribution in [1.29, 1.82) is 0 Å². The maximum absolute atomic E-state index is 13.0. The highest BCUT2D eigenvalue weighted by Crippen LogP contribution is 2.49. The summed E-state index contributed by atoms with van der Waals surface area (Å²) >= 11 is 3.60. The van der Waals surface area contributed by atoms with E-state index in [1.54, 1.807) is 7.11 Å². The molecule has 0 radical (unpaired) electrons. The van der Waals surface area contributed by atoms with Crippen molar-refractivity contribution in [3.63, 3.8) is 0 Å². The average molecular weight is 672 g/mol. The summed E-state index contributed by atoms with van der Waals surface area (Å²) < 4.78 is 6.86. The lowest BCUT2D eigenvalue weighted by atomic mass is 9.70. The molecule has 1 heterocycles. The Morgan fingerprint density at radius 1 is 0.889 bits per heavy atom. The molecule has 0 amide bonds. The van der Waals surface area contributed by atoms with Crippen molar-refractivity contribution in [2.24, 2.45) is 0 Å². The molecule has 0 aliphatic heterocycles. The van der Waals surface area contributed by atoms with E-state index in [0.717, 1.165) is 42.8 Å². The van der Waals surface area contributed by atoms with E-state index in [1.807, 2.05) is 62.6 Å². The Morgan fingerprint density at radius 3 is 2.18 bits per heavy atom. The second kappa shape index (κ2) is 14.9. The van der Waals surface area contributed by atoms with E-state index in [0.29, 0.717) is 31.0 Å². The van der Waals surface area contributed by atoms with Gasteiger partial charge in [0.1, 0.15) is 5.60 Å². The molecule has 0 aliphatic rings. The first-order valence-corrected chi connectivity index (χ1v) is 15.0. The summed E-state index contributed by atoms with van der Waals surface area (Å²) in [4.78, 5) is 26.1. The number of methoxy groups -OCH3 is 1. The second-order valence-corrected chi connectivity index (χ2v) is 11.7. The van der Waals surface area contributed by atoms with E-state index >= 15 is 0 Å². The summed E-state index contributed by atoms with van der Waals surface area (Å²) in [5.41, 5.74) is 2.36. The van der Waals surface area contributed by atoms with Gasteiger partial charge in [0.05, 0.1) is 12.6 Å². The number of benzene rings is 4. The van der Waals surface area contributed by atoms with E-state index in [4.69, 9.17) is 19.9 Å². The van der Waals surface area contributed by atoms with Crippen molar-refractivity contribution in [2.45, 2.75) is 17.9 Å². The number of carbonyl (C=O) groups is 2. The van der Waals surface area contributed by atoms with Crippen LogP contribution in [-0.2, 0) is 15.2 Å². The minimum absolute atomic E-state index is 0.426. The SMILES string of the molecule is COc1nc2ccc(Br)cc2cc1C(c1ccccc1)C(O)(CCN(C)C)c1cccc2ccccc12.O=C(O)/C=C/C(=O)O. The number of ether oxygens (including phenoxy) is 1. The number of nitrogens with zero attached hydrogens (tertiary/aromatic N) is 2. The quantitative estimate of drug-likeness (QED) is 0.138. The normalized spacial score (nSPS) is 13.3. The number of halogens is 1. The summed E-state index contributed by atoms with van der Waals surface area (Å²) in [6.07, 6.45) is 1.64. The number of hydrogen-bond acceptors (Lipinski definition) is 6. The molecule has 0 saturated carbocycles. The molecule has 0 bridgehead atoms. The lowest BCUT2D eigenvalue weighted by molar-refractivity contribution is -0.134. The lowest BCUT2D eigenvalue weighted by Gasteiger charge is -2.39. The van der Waals surface area contributed by atoms with Gasteiger partial charge in [0.15, 0.2) is 0 Å². The Balaban J connectivity index is 0.000000510. The van der Waals surface area contributed by atoms with Crippen LogP contribution in [0.4, 0.5) is 0 Å². The highest BCUT2D eigenvalue weighted by atomic mass is 79.9. The third-order valence-electron chi connectivity index (χ3n) is 7.45. The summed E-state index contributed by atoms with van der Waals surface area (Å²) in [6, 6.07) is 32.8. The number of carboxylic acids is 2. The topological polar surface area (TPSA) is 120 Å². The predicted molar refractivity (Wildman–Crippen MR) is 180 cm³/mol. The monoisotopic (exact) mass is 670 g/mol. The third kappa shape index (κ3) is 8.13. The standard InChI is InChI=1S/C32H31BrN2O2.C4H4O4/c1-35(2)19-18-32(36,28-15-9-13-22-10-7-8-14-26(22)28)30(23-11-5-4-6-12-23)27-21-24-20-25(33)16-17-29(24)34-31(27)37-3;5-3(6)1-2-4(7)8/h4-17,20-21,30,36H,18-19H2,1-3H3;1-2H,(H,5,6)(H,7,8)/b;2-1+. The first-order chi connectivity index (χ1) is 21.5. The molecule has 0 aliphatic carbocycles. The van der Waals surface area contributed by atoms with Gasteiger partial charge in [-0.25, -0.2) is 14.6 Å². The number of aromatic nitrogens is 1. The van der Waals surface area contributed by atoms with Crippen LogP contribution in [0.1, 0.15) is 29.0 Å². The first-order valence-electron chi connectivity index (χ1n) is 14.2. The van der Waals surface area contributed by atoms with Crippen LogP contribution < -0.4 is 4.74 Å². The summed E-state index contributed by atoms with van der Waals surface area (Å²) in [5, 5.41) is 31.8. The number of rotatable bonds is 10. The van der Waals surface area contributed by atoms with Crippen molar-refractivity contribution in [2.75, 3.05) is 27.7 Å². The van der Waals surface area contributed by atoms with Crippen LogP contribution in [-0.4, -0.2) is 64.9 Å². The fourth-order valence-electron chi connectivity index (χ4n) is 5.45. The predicted octanol–water partition coefficient (Wildman–Crippen LogP) is 6.84. The number of aliphatic hydroxyl groups is 1. The molecule has 2 atom stereocenters. The Morgan fingerprint density at radius 2 is 1.53 bits per heavy atom. The molecule has 2 unspecified atom stereocenters. The molecule has 9 heteroatoms. The van der Waals surface area contributed by atoms with E-state index in [2.05, 4.69) is 69.4 Å². The Labute approximate surface area is 270 Å². The molecule has 5 aromatic rings. The van der Waals surface area contributed by atoms with E-state index in [1.165, 1.54) is 0 Å². The average Bonchev–Trinajstić information content (AvgIpc) is 3.03.